The molecular weight excluding hydrogens is 536 g/mol. The molecule has 0 radical (unpaired) electrons. The molecule has 33 heavy (non-hydrogen) atoms. The Hall–Kier alpha value is 0.1000. The Morgan fingerprint density at radius 2 is 1.27 bits per heavy atom. The van der Waals surface area contributed by atoms with Crippen LogP contribution in [0.25, 0.3) is 0 Å². The maximum atomic E-state index is 2.50. The van der Waals surface area contributed by atoms with Gasteiger partial charge in [0.25, 0.3) is 0 Å². The Morgan fingerprint density at radius 3 is 1.91 bits per heavy atom. The Labute approximate surface area is 226 Å². The molecule has 4 heterocycles. The van der Waals surface area contributed by atoms with Crippen molar-refractivity contribution in [3.8, 4) is 0 Å². The number of halogens is 2. The van der Waals surface area contributed by atoms with Gasteiger partial charge in [0, 0.05) is 18.8 Å². The van der Waals surface area contributed by atoms with Gasteiger partial charge in [-0.15, -0.1) is 0 Å². The van der Waals surface area contributed by atoms with Gasteiger partial charge >= 0.3 is 0 Å². The molecule has 4 fully saturated rings. The lowest BCUT2D eigenvalue weighted by Crippen LogP contribution is -3.00. The van der Waals surface area contributed by atoms with Gasteiger partial charge in [0.1, 0.15) is 0 Å². The topological polar surface area (TPSA) is 0 Å². The van der Waals surface area contributed by atoms with Gasteiger partial charge in [0.15, 0.2) is 0 Å². The molecule has 1 aromatic rings. The largest absolute Gasteiger partial charge is 1.00 e. The van der Waals surface area contributed by atoms with E-state index < -0.39 is 0 Å². The first kappa shape index (κ1) is 29.3. The number of fused-ring (bicyclic) bond motifs is 3. The summed E-state index contributed by atoms with van der Waals surface area (Å²) in [6.07, 6.45) is 19.0. The first-order valence-corrected chi connectivity index (χ1v) is 13.9. The van der Waals surface area contributed by atoms with Crippen LogP contribution in [0.1, 0.15) is 82.6 Å². The van der Waals surface area contributed by atoms with E-state index in [0.29, 0.717) is 0 Å². The molecule has 1 aromatic carbocycles. The van der Waals surface area contributed by atoms with Gasteiger partial charge < -0.3 is 42.9 Å². The summed E-state index contributed by atoms with van der Waals surface area (Å²) < 4.78 is 2.83. The maximum absolute atomic E-state index is 2.50. The molecule has 0 aromatic heterocycles. The molecule has 4 heteroatoms. The lowest BCUT2D eigenvalue weighted by molar-refractivity contribution is -0.947. The number of hydrogen-bond donors (Lipinski definition) is 0. The maximum Gasteiger partial charge on any atom is 0.0821 e. The van der Waals surface area contributed by atoms with Crippen molar-refractivity contribution in [1.82, 2.24) is 0 Å². The van der Waals surface area contributed by atoms with Crippen LogP contribution >= 0.6 is 0 Å². The fourth-order valence-corrected chi connectivity index (χ4v) is 7.22. The number of piperidine rings is 4. The Balaban J connectivity index is 0.00000193. The van der Waals surface area contributed by atoms with Gasteiger partial charge in [-0.25, -0.2) is 0 Å². The van der Waals surface area contributed by atoms with Crippen molar-refractivity contribution in [2.24, 2.45) is 11.8 Å². The van der Waals surface area contributed by atoms with Crippen LogP contribution in [0.15, 0.2) is 30.3 Å². The zero-order chi connectivity index (χ0) is 21.4. The van der Waals surface area contributed by atoms with Crippen molar-refractivity contribution >= 4 is 0 Å². The monoisotopic (exact) mass is 584 g/mol. The van der Waals surface area contributed by atoms with E-state index in [4.69, 9.17) is 0 Å². The third-order valence-electron chi connectivity index (χ3n) is 9.30. The highest BCUT2D eigenvalue weighted by Crippen LogP contribution is 2.39. The van der Waals surface area contributed by atoms with Gasteiger partial charge in [-0.3, -0.25) is 0 Å². The van der Waals surface area contributed by atoms with Crippen molar-refractivity contribution < 1.29 is 42.9 Å². The standard InChI is InChI=1S/C29H50N2.2BrH/c1-30(20-12-8-13-21-30)19-11-5-3-2-4-6-14-22-31-23-17-28(18-24-31)29(26-31)25-27-15-9-7-10-16-27;;/h7,9-10,15-16,28-29H,2-6,8,11-14,17-26H2,1H3;2*1H/q+2;;/p-2. The van der Waals surface area contributed by atoms with E-state index in [1.54, 1.807) is 5.56 Å². The molecule has 4 aliphatic rings. The predicted octanol–water partition coefficient (Wildman–Crippen LogP) is 0.455. The number of likely N-dealkylation sites (tertiary alicyclic amines) is 1. The zero-order valence-electron chi connectivity index (χ0n) is 21.3. The molecule has 1 unspecified atom stereocenters. The van der Waals surface area contributed by atoms with Gasteiger partial charge in [0.2, 0.25) is 0 Å². The predicted molar refractivity (Wildman–Crippen MR) is 133 cm³/mol. The van der Waals surface area contributed by atoms with Crippen LogP contribution in [0.5, 0.6) is 0 Å². The van der Waals surface area contributed by atoms with Crippen molar-refractivity contribution in [3.63, 3.8) is 0 Å². The summed E-state index contributed by atoms with van der Waals surface area (Å²) >= 11 is 0. The molecule has 0 spiro atoms. The summed E-state index contributed by atoms with van der Waals surface area (Å²) in [5.74, 6) is 1.95. The van der Waals surface area contributed by atoms with E-state index in [1.165, 1.54) is 138 Å². The van der Waals surface area contributed by atoms with Crippen LogP contribution in [-0.2, 0) is 6.42 Å². The van der Waals surface area contributed by atoms with Crippen molar-refractivity contribution in [2.75, 3.05) is 52.9 Å². The van der Waals surface area contributed by atoms with Crippen LogP contribution in [0, 0.1) is 11.8 Å². The number of unbranched alkanes of at least 4 members (excludes halogenated alkanes) is 6. The Morgan fingerprint density at radius 1 is 0.697 bits per heavy atom. The number of quaternary nitrogens is 2. The van der Waals surface area contributed by atoms with E-state index in [-0.39, 0.29) is 34.0 Å². The molecular formula is C29H50Br2N2. The van der Waals surface area contributed by atoms with Gasteiger partial charge in [0.05, 0.1) is 52.9 Å². The minimum absolute atomic E-state index is 0. The van der Waals surface area contributed by atoms with Crippen molar-refractivity contribution in [1.29, 1.82) is 0 Å². The van der Waals surface area contributed by atoms with E-state index in [0.717, 1.165) is 11.8 Å². The summed E-state index contributed by atoms with van der Waals surface area (Å²) in [6, 6.07) is 11.3. The van der Waals surface area contributed by atoms with Crippen molar-refractivity contribution in [3.05, 3.63) is 35.9 Å². The molecule has 2 bridgehead atoms. The molecule has 0 N–H and O–H groups in total. The molecule has 1 atom stereocenters. The minimum atomic E-state index is 0. The quantitative estimate of drug-likeness (QED) is 0.247. The highest BCUT2D eigenvalue weighted by atomic mass is 79.9. The van der Waals surface area contributed by atoms with Crippen LogP contribution < -0.4 is 34.0 Å². The second-order valence-electron chi connectivity index (χ2n) is 11.8. The highest BCUT2D eigenvalue weighted by Gasteiger charge is 2.45. The van der Waals surface area contributed by atoms with Crippen LogP contribution in [-0.4, -0.2) is 61.8 Å². The lowest BCUT2D eigenvalue weighted by atomic mass is 9.74. The Bertz CT molecular complexity index is 636. The number of nitrogens with zero attached hydrogens (tertiary/aromatic N) is 2. The third-order valence-corrected chi connectivity index (χ3v) is 9.30. The highest BCUT2D eigenvalue weighted by molar-refractivity contribution is 5.15. The first-order chi connectivity index (χ1) is 15.2. The second-order valence-corrected chi connectivity index (χ2v) is 11.8. The summed E-state index contributed by atoms with van der Waals surface area (Å²) in [4.78, 5) is 0. The Kier molecular flexibility index (Phi) is 13.0. The molecule has 0 saturated carbocycles. The molecule has 190 valence electrons. The van der Waals surface area contributed by atoms with Crippen LogP contribution in [0.3, 0.4) is 0 Å². The lowest BCUT2D eigenvalue weighted by Gasteiger charge is -2.53. The van der Waals surface area contributed by atoms with Gasteiger partial charge in [-0.2, -0.15) is 0 Å². The third kappa shape index (κ3) is 8.92. The fourth-order valence-electron chi connectivity index (χ4n) is 7.22. The zero-order valence-corrected chi connectivity index (χ0v) is 24.5. The average Bonchev–Trinajstić information content (AvgIpc) is 2.80. The molecule has 4 saturated heterocycles. The number of benzene rings is 1. The molecule has 0 aliphatic carbocycles. The molecule has 5 rings (SSSR count). The average molecular weight is 587 g/mol. The minimum Gasteiger partial charge on any atom is -1.00 e. The number of rotatable bonds is 12. The summed E-state index contributed by atoms with van der Waals surface area (Å²) in [6.45, 7) is 10.2. The fraction of sp³-hybridized carbons (Fsp3) is 0.793. The molecule has 2 nitrogen and oxygen atoms in total. The van der Waals surface area contributed by atoms with E-state index in [9.17, 15) is 0 Å². The number of hydrogen-bond acceptors (Lipinski definition) is 0. The summed E-state index contributed by atoms with van der Waals surface area (Å²) in [5.41, 5.74) is 1.57. The SMILES string of the molecule is C[N+]1(CCCCCCCCC[N+]23CCC(CC2)C(Cc2ccccc2)C3)CCCCC1.[Br-].[Br-]. The smallest absolute Gasteiger partial charge is 0.0821 e. The van der Waals surface area contributed by atoms with Crippen LogP contribution in [0.4, 0.5) is 0 Å². The second kappa shape index (κ2) is 14.6. The molecule has 4 aliphatic heterocycles. The van der Waals surface area contributed by atoms with Crippen molar-refractivity contribution in [2.45, 2.75) is 83.5 Å². The van der Waals surface area contributed by atoms with E-state index in [1.807, 2.05) is 0 Å². The normalized spacial score (nSPS) is 28.0. The molecule has 0 amide bonds. The van der Waals surface area contributed by atoms with Gasteiger partial charge in [-0.1, -0.05) is 49.6 Å². The van der Waals surface area contributed by atoms with E-state index >= 15 is 0 Å². The summed E-state index contributed by atoms with van der Waals surface area (Å²) in [5, 5.41) is 0. The van der Waals surface area contributed by atoms with Gasteiger partial charge in [-0.05, 0) is 62.8 Å². The first-order valence-electron chi connectivity index (χ1n) is 13.9. The van der Waals surface area contributed by atoms with Crippen LogP contribution in [0.2, 0.25) is 0 Å². The van der Waals surface area contributed by atoms with E-state index in [2.05, 4.69) is 37.4 Å². The summed E-state index contributed by atoms with van der Waals surface area (Å²) in [7, 11) is 2.50.